The van der Waals surface area contributed by atoms with E-state index < -0.39 is 5.97 Å². The fraction of sp³-hybridized carbons (Fsp3) is 0.125. The molecule has 144 valence electrons. The lowest BCUT2D eigenvalue weighted by Gasteiger charge is -2.12. The smallest absolute Gasteiger partial charge is 0.337 e. The molecular weight excluding hydrogens is 364 g/mol. The maximum Gasteiger partial charge on any atom is 0.337 e. The molecule has 0 bridgehead atoms. The summed E-state index contributed by atoms with van der Waals surface area (Å²) in [6, 6.07) is 20.9. The van der Waals surface area contributed by atoms with E-state index >= 15 is 0 Å². The maximum absolute atomic E-state index is 11.8. The van der Waals surface area contributed by atoms with Crippen LogP contribution in [-0.4, -0.2) is 23.3 Å². The van der Waals surface area contributed by atoms with Gasteiger partial charge in [-0.25, -0.2) is 4.79 Å². The van der Waals surface area contributed by atoms with Crippen molar-refractivity contribution >= 4 is 16.7 Å². The fourth-order valence-electron chi connectivity index (χ4n) is 3.17. The number of hydrogen-bond acceptors (Lipinski definition) is 5. The van der Waals surface area contributed by atoms with Crippen LogP contribution < -0.4 is 4.74 Å². The summed E-state index contributed by atoms with van der Waals surface area (Å²) in [6.07, 6.45) is 0. The van der Waals surface area contributed by atoms with Crippen LogP contribution in [0, 0.1) is 13.8 Å². The van der Waals surface area contributed by atoms with Crippen molar-refractivity contribution < 1.29 is 14.3 Å². The molecule has 5 nitrogen and oxygen atoms in total. The molecule has 0 aliphatic heterocycles. The van der Waals surface area contributed by atoms with Crippen LogP contribution >= 0.6 is 0 Å². The number of fused-ring (bicyclic) bond motifs is 1. The van der Waals surface area contributed by atoms with Crippen LogP contribution in [0.15, 0.2) is 66.7 Å². The van der Waals surface area contributed by atoms with E-state index in [0.29, 0.717) is 17.2 Å². The van der Waals surface area contributed by atoms with Crippen LogP contribution in [0.5, 0.6) is 11.6 Å². The third kappa shape index (κ3) is 3.67. The highest BCUT2D eigenvalue weighted by Crippen LogP contribution is 2.33. The molecule has 1 heterocycles. The average molecular weight is 384 g/mol. The van der Waals surface area contributed by atoms with Crippen molar-refractivity contribution in [3.05, 3.63) is 83.4 Å². The van der Waals surface area contributed by atoms with Gasteiger partial charge in [0.05, 0.1) is 12.7 Å². The minimum atomic E-state index is -0.420. The molecule has 0 amide bonds. The first-order valence-electron chi connectivity index (χ1n) is 9.26. The van der Waals surface area contributed by atoms with Crippen LogP contribution in [-0.2, 0) is 4.74 Å². The number of carbonyl (C=O) groups excluding carboxylic acids is 1. The van der Waals surface area contributed by atoms with Gasteiger partial charge in [-0.2, -0.15) is 0 Å². The Kier molecular flexibility index (Phi) is 4.96. The Morgan fingerprint density at radius 2 is 1.62 bits per heavy atom. The largest absolute Gasteiger partial charge is 0.465 e. The third-order valence-corrected chi connectivity index (χ3v) is 4.90. The summed E-state index contributed by atoms with van der Waals surface area (Å²) in [5.41, 5.74) is 4.66. The Morgan fingerprint density at radius 1 is 0.828 bits per heavy atom. The van der Waals surface area contributed by atoms with E-state index in [1.807, 2.05) is 24.3 Å². The van der Waals surface area contributed by atoms with E-state index in [9.17, 15) is 4.79 Å². The van der Waals surface area contributed by atoms with E-state index in [0.717, 1.165) is 22.0 Å². The van der Waals surface area contributed by atoms with Gasteiger partial charge in [0, 0.05) is 16.3 Å². The summed E-state index contributed by atoms with van der Waals surface area (Å²) in [6.45, 7) is 4.17. The molecular formula is C24H20N2O3. The van der Waals surface area contributed by atoms with Crippen molar-refractivity contribution in [3.63, 3.8) is 0 Å². The Balaban J connectivity index is 1.78. The van der Waals surface area contributed by atoms with Gasteiger partial charge >= 0.3 is 5.97 Å². The Labute approximate surface area is 168 Å². The summed E-state index contributed by atoms with van der Waals surface area (Å²) in [7, 11) is 1.35. The predicted molar refractivity (Wildman–Crippen MR) is 112 cm³/mol. The first-order valence-corrected chi connectivity index (χ1v) is 9.26. The molecule has 0 fully saturated rings. The maximum atomic E-state index is 11.8. The second-order valence-electron chi connectivity index (χ2n) is 6.82. The summed E-state index contributed by atoms with van der Waals surface area (Å²) >= 11 is 0. The second kappa shape index (κ2) is 7.72. The number of aryl methyl sites for hydroxylation is 2. The Hall–Kier alpha value is -3.73. The number of benzene rings is 3. The number of nitrogens with zero attached hydrogens (tertiary/aromatic N) is 2. The molecule has 29 heavy (non-hydrogen) atoms. The van der Waals surface area contributed by atoms with Gasteiger partial charge in [-0.3, -0.25) is 0 Å². The normalized spacial score (nSPS) is 10.7. The standard InChI is InChI=1S/C24H20N2O3/c1-15-11-12-17(13-16(15)2)22-20-9-4-5-10-21(20)23(26-25-22)29-19-8-6-7-18(14-19)24(27)28-3/h4-14H,1-3H3. The number of rotatable bonds is 4. The number of esters is 1. The molecule has 0 saturated carbocycles. The van der Waals surface area contributed by atoms with E-state index in [2.05, 4.69) is 42.2 Å². The highest BCUT2D eigenvalue weighted by molar-refractivity contribution is 5.97. The van der Waals surface area contributed by atoms with Gasteiger partial charge in [-0.1, -0.05) is 36.4 Å². The number of ether oxygens (including phenoxy) is 2. The van der Waals surface area contributed by atoms with Crippen LogP contribution in [0.3, 0.4) is 0 Å². The molecule has 0 aliphatic carbocycles. The summed E-state index contributed by atoms with van der Waals surface area (Å²) in [4.78, 5) is 11.8. The molecule has 0 aliphatic rings. The number of hydrogen-bond donors (Lipinski definition) is 0. The second-order valence-corrected chi connectivity index (χ2v) is 6.82. The first kappa shape index (κ1) is 18.6. The van der Waals surface area contributed by atoms with Gasteiger partial charge in [0.15, 0.2) is 0 Å². The van der Waals surface area contributed by atoms with Gasteiger partial charge in [-0.05, 0) is 55.3 Å². The topological polar surface area (TPSA) is 61.3 Å². The third-order valence-electron chi connectivity index (χ3n) is 4.90. The van der Waals surface area contributed by atoms with E-state index in [4.69, 9.17) is 9.47 Å². The van der Waals surface area contributed by atoms with Gasteiger partial charge < -0.3 is 9.47 Å². The van der Waals surface area contributed by atoms with Crippen molar-refractivity contribution in [3.8, 4) is 22.9 Å². The van der Waals surface area contributed by atoms with E-state index in [1.54, 1.807) is 24.3 Å². The molecule has 0 radical (unpaired) electrons. The molecule has 0 N–H and O–H groups in total. The van der Waals surface area contributed by atoms with Crippen LogP contribution in [0.25, 0.3) is 22.0 Å². The molecule has 4 aromatic rings. The first-order chi connectivity index (χ1) is 14.1. The average Bonchev–Trinajstić information content (AvgIpc) is 2.75. The SMILES string of the molecule is COC(=O)c1cccc(Oc2nnc(-c3ccc(C)c(C)c3)c3ccccc23)c1. The number of aromatic nitrogens is 2. The molecule has 5 heteroatoms. The summed E-state index contributed by atoms with van der Waals surface area (Å²) in [5, 5.41) is 10.6. The van der Waals surface area contributed by atoms with Crippen molar-refractivity contribution in [1.82, 2.24) is 10.2 Å². The molecule has 4 rings (SSSR count). The fourth-order valence-corrected chi connectivity index (χ4v) is 3.17. The van der Waals surface area contributed by atoms with E-state index in [-0.39, 0.29) is 0 Å². The zero-order valence-corrected chi connectivity index (χ0v) is 16.5. The number of carbonyl (C=O) groups is 1. The Bertz CT molecular complexity index is 1220. The monoisotopic (exact) mass is 384 g/mol. The summed E-state index contributed by atoms with van der Waals surface area (Å²) < 4.78 is 10.8. The van der Waals surface area contributed by atoms with Gasteiger partial charge in [0.2, 0.25) is 5.88 Å². The van der Waals surface area contributed by atoms with Gasteiger partial charge in [0.1, 0.15) is 11.4 Å². The highest BCUT2D eigenvalue weighted by atomic mass is 16.5. The predicted octanol–water partition coefficient (Wildman–Crippen LogP) is 5.49. The van der Waals surface area contributed by atoms with Crippen molar-refractivity contribution in [2.75, 3.05) is 7.11 Å². The van der Waals surface area contributed by atoms with Crippen molar-refractivity contribution in [2.24, 2.45) is 0 Å². The lowest BCUT2D eigenvalue weighted by atomic mass is 10.0. The molecule has 0 atom stereocenters. The number of methoxy groups -OCH3 is 1. The highest BCUT2D eigenvalue weighted by Gasteiger charge is 2.14. The van der Waals surface area contributed by atoms with Gasteiger partial charge in [0.25, 0.3) is 0 Å². The van der Waals surface area contributed by atoms with Gasteiger partial charge in [-0.15, -0.1) is 10.2 Å². The molecule has 0 spiro atoms. The van der Waals surface area contributed by atoms with Crippen molar-refractivity contribution in [2.45, 2.75) is 13.8 Å². The van der Waals surface area contributed by atoms with Crippen LogP contribution in [0.4, 0.5) is 0 Å². The minimum Gasteiger partial charge on any atom is -0.465 e. The lowest BCUT2D eigenvalue weighted by molar-refractivity contribution is 0.0600. The molecule has 1 aromatic heterocycles. The Morgan fingerprint density at radius 3 is 2.38 bits per heavy atom. The lowest BCUT2D eigenvalue weighted by Crippen LogP contribution is -2.01. The van der Waals surface area contributed by atoms with Crippen LogP contribution in [0.1, 0.15) is 21.5 Å². The molecule has 3 aromatic carbocycles. The quantitative estimate of drug-likeness (QED) is 0.435. The van der Waals surface area contributed by atoms with E-state index in [1.165, 1.54) is 18.2 Å². The molecule has 0 unspecified atom stereocenters. The zero-order chi connectivity index (χ0) is 20.4. The zero-order valence-electron chi connectivity index (χ0n) is 16.5. The molecule has 0 saturated heterocycles. The summed E-state index contributed by atoms with van der Waals surface area (Å²) in [5.74, 6) is 0.456. The van der Waals surface area contributed by atoms with Crippen LogP contribution in [0.2, 0.25) is 0 Å². The van der Waals surface area contributed by atoms with Crippen molar-refractivity contribution in [1.29, 1.82) is 0 Å². The minimum absolute atomic E-state index is 0.384.